The van der Waals surface area contributed by atoms with Crippen LogP contribution in [0.4, 0.5) is 11.5 Å². The lowest BCUT2D eigenvalue weighted by Gasteiger charge is -2.36. The Morgan fingerprint density at radius 2 is 1.90 bits per heavy atom. The van der Waals surface area contributed by atoms with Gasteiger partial charge in [0, 0.05) is 55.2 Å². The van der Waals surface area contributed by atoms with E-state index in [1.165, 1.54) is 5.69 Å². The molecule has 0 saturated carbocycles. The van der Waals surface area contributed by atoms with E-state index >= 15 is 0 Å². The summed E-state index contributed by atoms with van der Waals surface area (Å²) in [7, 11) is 0. The number of anilines is 2. The molecule has 0 radical (unpaired) electrons. The molecule has 0 amide bonds. The number of piperazine rings is 1. The molecular formula is C16H19ClN4. The monoisotopic (exact) mass is 302 g/mol. The fourth-order valence-corrected chi connectivity index (χ4v) is 2.85. The van der Waals surface area contributed by atoms with Gasteiger partial charge < -0.3 is 10.6 Å². The molecule has 2 heterocycles. The fourth-order valence-electron chi connectivity index (χ4n) is 2.66. The van der Waals surface area contributed by atoms with Crippen LogP contribution in [0, 0.1) is 0 Å². The second-order valence-corrected chi connectivity index (χ2v) is 5.73. The molecule has 0 aliphatic carbocycles. The van der Waals surface area contributed by atoms with Gasteiger partial charge in [0.15, 0.2) is 0 Å². The molecule has 5 heteroatoms. The molecule has 1 aromatic heterocycles. The predicted octanol–water partition coefficient (Wildman–Crippen LogP) is 2.64. The van der Waals surface area contributed by atoms with Crippen molar-refractivity contribution in [2.45, 2.75) is 6.54 Å². The zero-order valence-corrected chi connectivity index (χ0v) is 12.6. The quantitative estimate of drug-likeness (QED) is 0.947. The molecule has 2 N–H and O–H groups in total. The molecule has 1 aliphatic rings. The molecule has 1 fully saturated rings. The van der Waals surface area contributed by atoms with Crippen LogP contribution >= 0.6 is 11.6 Å². The number of benzene rings is 1. The minimum absolute atomic E-state index is 0.634. The topological polar surface area (TPSA) is 45.4 Å². The van der Waals surface area contributed by atoms with Gasteiger partial charge in [-0.15, -0.1) is 0 Å². The van der Waals surface area contributed by atoms with Gasteiger partial charge in [0.2, 0.25) is 0 Å². The van der Waals surface area contributed by atoms with E-state index in [2.05, 4.69) is 20.9 Å². The van der Waals surface area contributed by atoms with Gasteiger partial charge in [-0.3, -0.25) is 4.90 Å². The molecular weight excluding hydrogens is 284 g/mol. The van der Waals surface area contributed by atoms with Crippen molar-refractivity contribution in [2.24, 2.45) is 0 Å². The van der Waals surface area contributed by atoms with Crippen LogP contribution in [-0.4, -0.2) is 36.1 Å². The first-order valence-corrected chi connectivity index (χ1v) is 7.52. The largest absolute Gasteiger partial charge is 0.383 e. The highest BCUT2D eigenvalue weighted by atomic mass is 35.5. The molecule has 4 nitrogen and oxygen atoms in total. The van der Waals surface area contributed by atoms with E-state index in [0.29, 0.717) is 5.82 Å². The summed E-state index contributed by atoms with van der Waals surface area (Å²) in [6.45, 7) is 4.89. The maximum atomic E-state index is 6.06. The van der Waals surface area contributed by atoms with Crippen molar-refractivity contribution in [2.75, 3.05) is 36.8 Å². The SMILES string of the molecule is Nc1ncccc1CN1CCN(c2cccc(Cl)c2)CC1. The van der Waals surface area contributed by atoms with Crippen LogP contribution in [-0.2, 0) is 6.54 Å². The van der Waals surface area contributed by atoms with E-state index < -0.39 is 0 Å². The summed E-state index contributed by atoms with van der Waals surface area (Å²) in [4.78, 5) is 8.92. The van der Waals surface area contributed by atoms with Gasteiger partial charge in [0.05, 0.1) is 0 Å². The third kappa shape index (κ3) is 3.46. The minimum atomic E-state index is 0.634. The normalized spacial score (nSPS) is 16.1. The Balaban J connectivity index is 1.59. The summed E-state index contributed by atoms with van der Waals surface area (Å²) in [6, 6.07) is 12.0. The van der Waals surface area contributed by atoms with Gasteiger partial charge in [-0.25, -0.2) is 4.98 Å². The van der Waals surface area contributed by atoms with Crippen LogP contribution in [0.15, 0.2) is 42.6 Å². The van der Waals surface area contributed by atoms with Gasteiger partial charge in [-0.1, -0.05) is 23.7 Å². The Morgan fingerprint density at radius 3 is 2.62 bits per heavy atom. The van der Waals surface area contributed by atoms with E-state index in [4.69, 9.17) is 17.3 Å². The first kappa shape index (κ1) is 14.2. The number of nitrogen functional groups attached to an aromatic ring is 1. The van der Waals surface area contributed by atoms with E-state index in [9.17, 15) is 0 Å². The standard InChI is InChI=1S/C16H19ClN4/c17-14-4-1-5-15(11-14)21-9-7-20(8-10-21)12-13-3-2-6-19-16(13)18/h1-6,11H,7-10,12H2,(H2,18,19). The molecule has 0 spiro atoms. The summed E-state index contributed by atoms with van der Waals surface area (Å²) in [5, 5.41) is 0.790. The number of nitrogens with zero attached hydrogens (tertiary/aromatic N) is 3. The van der Waals surface area contributed by atoms with Crippen LogP contribution in [0.3, 0.4) is 0 Å². The van der Waals surface area contributed by atoms with Crippen molar-refractivity contribution < 1.29 is 0 Å². The van der Waals surface area contributed by atoms with Crippen molar-refractivity contribution in [3.05, 3.63) is 53.2 Å². The highest BCUT2D eigenvalue weighted by Crippen LogP contribution is 2.21. The highest BCUT2D eigenvalue weighted by molar-refractivity contribution is 6.30. The number of pyridine rings is 1. The Morgan fingerprint density at radius 1 is 1.10 bits per heavy atom. The second kappa shape index (κ2) is 6.33. The summed E-state index contributed by atoms with van der Waals surface area (Å²) in [6.07, 6.45) is 1.73. The molecule has 110 valence electrons. The molecule has 3 rings (SSSR count). The van der Waals surface area contributed by atoms with Gasteiger partial charge >= 0.3 is 0 Å². The molecule has 0 atom stereocenters. The Bertz CT molecular complexity index is 609. The third-order valence-corrected chi connectivity index (χ3v) is 4.10. The maximum Gasteiger partial charge on any atom is 0.127 e. The second-order valence-electron chi connectivity index (χ2n) is 5.29. The van der Waals surface area contributed by atoms with Gasteiger partial charge in [-0.05, 0) is 24.3 Å². The summed E-state index contributed by atoms with van der Waals surface area (Å²) >= 11 is 6.06. The number of hydrogen-bond acceptors (Lipinski definition) is 4. The average Bonchev–Trinajstić information content (AvgIpc) is 2.50. The van der Waals surface area contributed by atoms with Crippen LogP contribution in [0.1, 0.15) is 5.56 Å². The Labute approximate surface area is 130 Å². The lowest BCUT2D eigenvalue weighted by atomic mass is 10.2. The fraction of sp³-hybridized carbons (Fsp3) is 0.312. The van der Waals surface area contributed by atoms with Gasteiger partial charge in [0.1, 0.15) is 5.82 Å². The Hall–Kier alpha value is -1.78. The van der Waals surface area contributed by atoms with E-state index in [-0.39, 0.29) is 0 Å². The predicted molar refractivity (Wildman–Crippen MR) is 87.6 cm³/mol. The number of aromatic nitrogens is 1. The smallest absolute Gasteiger partial charge is 0.127 e. The molecule has 21 heavy (non-hydrogen) atoms. The number of hydrogen-bond donors (Lipinski definition) is 1. The van der Waals surface area contributed by atoms with E-state index in [0.717, 1.165) is 43.3 Å². The number of halogens is 1. The zero-order chi connectivity index (χ0) is 14.7. The summed E-state index contributed by atoms with van der Waals surface area (Å²) in [5.74, 6) is 0.634. The van der Waals surface area contributed by atoms with Crippen molar-refractivity contribution in [3.8, 4) is 0 Å². The number of rotatable bonds is 3. The molecule has 1 aliphatic heterocycles. The average molecular weight is 303 g/mol. The van der Waals surface area contributed by atoms with Crippen molar-refractivity contribution in [1.29, 1.82) is 0 Å². The van der Waals surface area contributed by atoms with E-state index in [1.54, 1.807) is 6.20 Å². The Kier molecular flexibility index (Phi) is 4.27. The van der Waals surface area contributed by atoms with Crippen LogP contribution < -0.4 is 10.6 Å². The van der Waals surface area contributed by atoms with Crippen LogP contribution in [0.2, 0.25) is 5.02 Å². The van der Waals surface area contributed by atoms with E-state index in [1.807, 2.05) is 30.3 Å². The zero-order valence-electron chi connectivity index (χ0n) is 11.9. The molecule has 2 aromatic rings. The first-order chi connectivity index (χ1) is 10.2. The first-order valence-electron chi connectivity index (χ1n) is 7.14. The molecule has 0 bridgehead atoms. The number of nitrogens with two attached hydrogens (primary N) is 1. The van der Waals surface area contributed by atoms with Crippen LogP contribution in [0.25, 0.3) is 0 Å². The van der Waals surface area contributed by atoms with Crippen LogP contribution in [0.5, 0.6) is 0 Å². The lowest BCUT2D eigenvalue weighted by Crippen LogP contribution is -2.46. The van der Waals surface area contributed by atoms with Crippen molar-refractivity contribution in [1.82, 2.24) is 9.88 Å². The van der Waals surface area contributed by atoms with Crippen molar-refractivity contribution >= 4 is 23.1 Å². The third-order valence-electron chi connectivity index (χ3n) is 3.87. The molecule has 1 saturated heterocycles. The van der Waals surface area contributed by atoms with Gasteiger partial charge in [0.25, 0.3) is 0 Å². The minimum Gasteiger partial charge on any atom is -0.383 e. The maximum absolute atomic E-state index is 6.06. The van der Waals surface area contributed by atoms with Crippen molar-refractivity contribution in [3.63, 3.8) is 0 Å². The highest BCUT2D eigenvalue weighted by Gasteiger charge is 2.18. The summed E-state index contributed by atoms with van der Waals surface area (Å²) < 4.78 is 0. The lowest BCUT2D eigenvalue weighted by molar-refractivity contribution is 0.250. The van der Waals surface area contributed by atoms with Gasteiger partial charge in [-0.2, -0.15) is 0 Å². The molecule has 0 unspecified atom stereocenters. The summed E-state index contributed by atoms with van der Waals surface area (Å²) in [5.41, 5.74) is 8.21. The molecule has 1 aromatic carbocycles.